The highest BCUT2D eigenvalue weighted by Gasteiger charge is 2.17. The van der Waals surface area contributed by atoms with E-state index in [1.54, 1.807) is 18.2 Å². The second-order valence-corrected chi connectivity index (χ2v) is 4.94. The molecule has 0 aliphatic heterocycles. The molecule has 2 rings (SSSR count). The standard InChI is InChI=1S/C14H12Cl2FN/c1-8-3-2-4-11(13(8)16)14(18)10-6-5-9(15)7-12(10)17/h2-7,14H,18H2,1H3. The van der Waals surface area contributed by atoms with Gasteiger partial charge in [0, 0.05) is 15.6 Å². The molecule has 2 aromatic rings. The summed E-state index contributed by atoms with van der Waals surface area (Å²) >= 11 is 11.9. The van der Waals surface area contributed by atoms with Gasteiger partial charge in [-0.15, -0.1) is 0 Å². The Labute approximate surface area is 115 Å². The van der Waals surface area contributed by atoms with Crippen LogP contribution in [0, 0.1) is 12.7 Å². The van der Waals surface area contributed by atoms with E-state index in [1.165, 1.54) is 6.07 Å². The molecule has 0 spiro atoms. The topological polar surface area (TPSA) is 26.0 Å². The van der Waals surface area contributed by atoms with Crippen molar-refractivity contribution in [3.05, 3.63) is 69.0 Å². The Hall–Kier alpha value is -1.09. The normalized spacial score (nSPS) is 12.5. The molecule has 0 fully saturated rings. The molecule has 0 saturated carbocycles. The highest BCUT2D eigenvalue weighted by Crippen LogP contribution is 2.30. The van der Waals surface area contributed by atoms with Gasteiger partial charge in [0.25, 0.3) is 0 Å². The molecule has 2 aromatic carbocycles. The Kier molecular flexibility index (Phi) is 3.91. The van der Waals surface area contributed by atoms with Crippen LogP contribution in [0.15, 0.2) is 36.4 Å². The predicted octanol–water partition coefficient (Wildman–Crippen LogP) is 4.49. The lowest BCUT2D eigenvalue weighted by molar-refractivity contribution is 0.600. The third kappa shape index (κ3) is 2.51. The number of hydrogen-bond donors (Lipinski definition) is 1. The minimum absolute atomic E-state index is 0.346. The first-order valence-electron chi connectivity index (χ1n) is 5.46. The Bertz CT molecular complexity index is 584. The third-order valence-corrected chi connectivity index (χ3v) is 3.61. The molecule has 1 nitrogen and oxygen atoms in total. The van der Waals surface area contributed by atoms with E-state index >= 15 is 0 Å². The van der Waals surface area contributed by atoms with E-state index in [4.69, 9.17) is 28.9 Å². The van der Waals surface area contributed by atoms with E-state index in [0.717, 1.165) is 5.56 Å². The monoisotopic (exact) mass is 283 g/mol. The molecule has 0 heterocycles. The van der Waals surface area contributed by atoms with Gasteiger partial charge in [0.1, 0.15) is 5.82 Å². The summed E-state index contributed by atoms with van der Waals surface area (Å²) in [4.78, 5) is 0. The SMILES string of the molecule is Cc1cccc(C(N)c2ccc(Cl)cc2F)c1Cl. The highest BCUT2D eigenvalue weighted by atomic mass is 35.5. The quantitative estimate of drug-likeness (QED) is 0.864. The molecule has 94 valence electrons. The number of rotatable bonds is 2. The molecule has 2 N–H and O–H groups in total. The number of benzene rings is 2. The molecule has 1 atom stereocenters. The van der Waals surface area contributed by atoms with Crippen LogP contribution in [-0.2, 0) is 0 Å². The molecule has 0 amide bonds. The number of aryl methyl sites for hydroxylation is 1. The van der Waals surface area contributed by atoms with Crippen LogP contribution in [0.2, 0.25) is 10.0 Å². The minimum atomic E-state index is -0.602. The van der Waals surface area contributed by atoms with Crippen LogP contribution < -0.4 is 5.73 Å². The van der Waals surface area contributed by atoms with Gasteiger partial charge in [-0.1, -0.05) is 47.5 Å². The second-order valence-electron chi connectivity index (χ2n) is 4.12. The maximum absolute atomic E-state index is 13.8. The lowest BCUT2D eigenvalue weighted by Crippen LogP contribution is -2.14. The molecule has 0 aromatic heterocycles. The lowest BCUT2D eigenvalue weighted by Gasteiger charge is -2.16. The van der Waals surface area contributed by atoms with Gasteiger partial charge in [-0.05, 0) is 30.2 Å². The summed E-state index contributed by atoms with van der Waals surface area (Å²) in [6.07, 6.45) is 0. The lowest BCUT2D eigenvalue weighted by atomic mass is 9.97. The summed E-state index contributed by atoms with van der Waals surface area (Å²) < 4.78 is 13.8. The van der Waals surface area contributed by atoms with Gasteiger partial charge in [0.15, 0.2) is 0 Å². The molecule has 1 unspecified atom stereocenters. The third-order valence-electron chi connectivity index (χ3n) is 2.85. The highest BCUT2D eigenvalue weighted by molar-refractivity contribution is 6.32. The predicted molar refractivity (Wildman–Crippen MR) is 73.6 cm³/mol. The summed E-state index contributed by atoms with van der Waals surface area (Å²) in [7, 11) is 0. The Morgan fingerprint density at radius 3 is 2.50 bits per heavy atom. The van der Waals surface area contributed by atoms with E-state index in [9.17, 15) is 4.39 Å². The van der Waals surface area contributed by atoms with E-state index < -0.39 is 11.9 Å². The molecule has 0 radical (unpaired) electrons. The number of halogens is 3. The largest absolute Gasteiger partial charge is 0.320 e. The van der Waals surface area contributed by atoms with Crippen molar-refractivity contribution in [3.63, 3.8) is 0 Å². The first-order valence-corrected chi connectivity index (χ1v) is 6.22. The van der Waals surface area contributed by atoms with E-state index in [1.807, 2.05) is 19.1 Å². The van der Waals surface area contributed by atoms with Crippen LogP contribution in [-0.4, -0.2) is 0 Å². The zero-order chi connectivity index (χ0) is 13.3. The zero-order valence-corrected chi connectivity index (χ0v) is 11.3. The minimum Gasteiger partial charge on any atom is -0.320 e. The smallest absolute Gasteiger partial charge is 0.129 e. The first-order chi connectivity index (χ1) is 8.50. The summed E-state index contributed by atoms with van der Waals surface area (Å²) in [5.74, 6) is -0.424. The Balaban J connectivity index is 2.48. The maximum Gasteiger partial charge on any atom is 0.129 e. The Morgan fingerprint density at radius 1 is 1.11 bits per heavy atom. The van der Waals surface area contributed by atoms with E-state index in [-0.39, 0.29) is 0 Å². The summed E-state index contributed by atoms with van der Waals surface area (Å²) in [6, 6.07) is 9.38. The molecular formula is C14H12Cl2FN. The van der Waals surface area contributed by atoms with Crippen LogP contribution in [0.1, 0.15) is 22.7 Å². The fourth-order valence-electron chi connectivity index (χ4n) is 1.83. The fourth-order valence-corrected chi connectivity index (χ4v) is 2.23. The maximum atomic E-state index is 13.8. The van der Waals surface area contributed by atoms with Crippen LogP contribution in [0.4, 0.5) is 4.39 Å². The molecular weight excluding hydrogens is 272 g/mol. The van der Waals surface area contributed by atoms with Gasteiger partial charge in [-0.2, -0.15) is 0 Å². The summed E-state index contributed by atoms with van der Waals surface area (Å²) in [5.41, 5.74) is 8.07. The van der Waals surface area contributed by atoms with Crippen molar-refractivity contribution in [1.29, 1.82) is 0 Å². The fraction of sp³-hybridized carbons (Fsp3) is 0.143. The van der Waals surface area contributed by atoms with Gasteiger partial charge in [0.2, 0.25) is 0 Å². The van der Waals surface area contributed by atoms with E-state index in [2.05, 4.69) is 0 Å². The summed E-state index contributed by atoms with van der Waals surface area (Å²) in [6.45, 7) is 1.89. The van der Waals surface area contributed by atoms with Crippen LogP contribution in [0.25, 0.3) is 0 Å². The molecule has 0 bridgehead atoms. The van der Waals surface area contributed by atoms with Gasteiger partial charge in [-0.25, -0.2) is 4.39 Å². The van der Waals surface area contributed by atoms with Crippen LogP contribution >= 0.6 is 23.2 Å². The number of nitrogens with two attached hydrogens (primary N) is 1. The van der Waals surface area contributed by atoms with Gasteiger partial charge in [0.05, 0.1) is 6.04 Å². The van der Waals surface area contributed by atoms with Crippen molar-refractivity contribution in [3.8, 4) is 0 Å². The first kappa shape index (κ1) is 13.3. The van der Waals surface area contributed by atoms with Crippen molar-refractivity contribution in [2.75, 3.05) is 0 Å². The summed E-state index contributed by atoms with van der Waals surface area (Å²) in [5, 5.41) is 0.915. The van der Waals surface area contributed by atoms with E-state index in [0.29, 0.717) is 21.2 Å². The zero-order valence-electron chi connectivity index (χ0n) is 9.75. The van der Waals surface area contributed by atoms with Crippen molar-refractivity contribution in [1.82, 2.24) is 0 Å². The molecule has 18 heavy (non-hydrogen) atoms. The second kappa shape index (κ2) is 5.27. The van der Waals surface area contributed by atoms with Crippen molar-refractivity contribution >= 4 is 23.2 Å². The molecule has 4 heteroatoms. The van der Waals surface area contributed by atoms with Gasteiger partial charge in [-0.3, -0.25) is 0 Å². The van der Waals surface area contributed by atoms with Gasteiger partial charge >= 0.3 is 0 Å². The van der Waals surface area contributed by atoms with Crippen molar-refractivity contribution in [2.24, 2.45) is 5.73 Å². The molecule has 0 saturated heterocycles. The average Bonchev–Trinajstić information content (AvgIpc) is 2.32. The molecule has 0 aliphatic carbocycles. The molecule has 0 aliphatic rings. The number of hydrogen-bond acceptors (Lipinski definition) is 1. The Morgan fingerprint density at radius 2 is 1.83 bits per heavy atom. The van der Waals surface area contributed by atoms with Crippen LogP contribution in [0.3, 0.4) is 0 Å². The van der Waals surface area contributed by atoms with Crippen molar-refractivity contribution in [2.45, 2.75) is 13.0 Å². The average molecular weight is 284 g/mol. The van der Waals surface area contributed by atoms with Gasteiger partial charge < -0.3 is 5.73 Å². The van der Waals surface area contributed by atoms with Crippen LogP contribution in [0.5, 0.6) is 0 Å². The van der Waals surface area contributed by atoms with Crippen molar-refractivity contribution < 1.29 is 4.39 Å².